The Bertz CT molecular complexity index is 1560. The number of benzene rings is 1. The summed E-state index contributed by atoms with van der Waals surface area (Å²) in [6, 6.07) is 8.60. The van der Waals surface area contributed by atoms with Gasteiger partial charge in [-0.1, -0.05) is 32.0 Å². The van der Waals surface area contributed by atoms with Crippen LogP contribution in [0.1, 0.15) is 87.2 Å². The molecule has 1 fully saturated rings. The number of nitriles is 1. The topological polar surface area (TPSA) is 115 Å². The molecule has 2 aromatic heterocycles. The molecule has 0 bridgehead atoms. The summed E-state index contributed by atoms with van der Waals surface area (Å²) in [7, 11) is 0. The van der Waals surface area contributed by atoms with E-state index in [2.05, 4.69) is 57.9 Å². The molecule has 5 rings (SSSR count). The van der Waals surface area contributed by atoms with Crippen LogP contribution >= 0.6 is 0 Å². The lowest BCUT2D eigenvalue weighted by Crippen LogP contribution is -2.39. The maximum Gasteiger partial charge on any atom is 0.337 e. The van der Waals surface area contributed by atoms with Crippen molar-refractivity contribution in [3.05, 3.63) is 64.2 Å². The third kappa shape index (κ3) is 6.50. The van der Waals surface area contributed by atoms with Gasteiger partial charge in [-0.15, -0.1) is 0 Å². The van der Waals surface area contributed by atoms with Crippen LogP contribution in [-0.2, 0) is 22.5 Å². The molecule has 1 N–H and O–H groups in total. The average molecular weight is 583 g/mol. The number of fused-ring (bicyclic) bond motifs is 1. The number of aliphatic carboxylic acids is 1. The molecule has 2 aliphatic heterocycles. The number of aromatic nitrogens is 3. The van der Waals surface area contributed by atoms with E-state index < -0.39 is 17.7 Å². The molecule has 0 spiro atoms. The van der Waals surface area contributed by atoms with Crippen LogP contribution in [0.5, 0.6) is 0 Å². The zero-order valence-electron chi connectivity index (χ0n) is 26.4. The molecule has 4 heterocycles. The Balaban J connectivity index is 1.60. The fourth-order valence-electron chi connectivity index (χ4n) is 6.18. The molecule has 1 aromatic carbocycles. The zero-order chi connectivity index (χ0) is 31.1. The zero-order valence-corrected chi connectivity index (χ0v) is 26.4. The van der Waals surface area contributed by atoms with Crippen molar-refractivity contribution in [2.24, 2.45) is 5.41 Å². The van der Waals surface area contributed by atoms with Gasteiger partial charge in [-0.2, -0.15) is 5.26 Å². The van der Waals surface area contributed by atoms with E-state index in [1.54, 1.807) is 12.4 Å². The normalized spacial score (nSPS) is 17.3. The molecule has 9 heteroatoms. The monoisotopic (exact) mass is 582 g/mol. The van der Waals surface area contributed by atoms with E-state index in [0.717, 1.165) is 61.4 Å². The second kappa shape index (κ2) is 11.6. The summed E-state index contributed by atoms with van der Waals surface area (Å²) in [5.74, 6) is -0.394. The van der Waals surface area contributed by atoms with Gasteiger partial charge in [0.25, 0.3) is 0 Å². The van der Waals surface area contributed by atoms with E-state index in [1.165, 1.54) is 11.1 Å². The largest absolute Gasteiger partial charge is 0.479 e. The number of pyridine rings is 1. The quantitative estimate of drug-likeness (QED) is 0.365. The number of carbonyl (C=O) groups is 1. The van der Waals surface area contributed by atoms with Crippen molar-refractivity contribution in [3.63, 3.8) is 0 Å². The highest BCUT2D eigenvalue weighted by Gasteiger charge is 2.36. The summed E-state index contributed by atoms with van der Waals surface area (Å²) in [4.78, 5) is 31.0. The molecule has 0 amide bonds. The van der Waals surface area contributed by atoms with Crippen LogP contribution in [0, 0.1) is 30.6 Å². The van der Waals surface area contributed by atoms with Crippen molar-refractivity contribution >= 4 is 17.6 Å². The lowest BCUT2D eigenvalue weighted by molar-refractivity contribution is -0.160. The molecule has 0 aliphatic carbocycles. The van der Waals surface area contributed by atoms with Gasteiger partial charge < -0.3 is 19.6 Å². The van der Waals surface area contributed by atoms with E-state index in [-0.39, 0.29) is 5.41 Å². The van der Waals surface area contributed by atoms with Crippen LogP contribution in [0.3, 0.4) is 0 Å². The van der Waals surface area contributed by atoms with Crippen LogP contribution in [0.2, 0.25) is 0 Å². The van der Waals surface area contributed by atoms with Crippen molar-refractivity contribution in [1.82, 2.24) is 15.0 Å². The van der Waals surface area contributed by atoms with Gasteiger partial charge in [-0.05, 0) is 76.0 Å². The SMILES string of the molecule is Cc1nc(C)c([C@H](OC(C)(C)C)C(=O)O)c(N2CCC(C)(C)CC2)c1-c1ccc2c(c1)CCN(c1ncc(C#N)cn1)C2. The molecule has 0 radical (unpaired) electrons. The Morgan fingerprint density at radius 2 is 1.72 bits per heavy atom. The predicted molar refractivity (Wildman–Crippen MR) is 167 cm³/mol. The van der Waals surface area contributed by atoms with Crippen molar-refractivity contribution in [2.75, 3.05) is 29.4 Å². The van der Waals surface area contributed by atoms with E-state index in [0.29, 0.717) is 29.3 Å². The Labute approximate surface area is 254 Å². The summed E-state index contributed by atoms with van der Waals surface area (Å²) in [6.45, 7) is 17.3. The molecule has 1 saturated heterocycles. The molecular weight excluding hydrogens is 540 g/mol. The van der Waals surface area contributed by atoms with Gasteiger partial charge in [0, 0.05) is 48.7 Å². The Hall–Kier alpha value is -4.03. The summed E-state index contributed by atoms with van der Waals surface area (Å²) in [5.41, 5.74) is 7.62. The first-order valence-corrected chi connectivity index (χ1v) is 15.0. The van der Waals surface area contributed by atoms with Crippen LogP contribution in [-0.4, -0.2) is 51.3 Å². The Morgan fingerprint density at radius 3 is 2.33 bits per heavy atom. The van der Waals surface area contributed by atoms with Gasteiger partial charge in [-0.3, -0.25) is 4.98 Å². The van der Waals surface area contributed by atoms with E-state index >= 15 is 0 Å². The van der Waals surface area contributed by atoms with Crippen molar-refractivity contribution in [3.8, 4) is 17.2 Å². The Kier molecular flexibility index (Phi) is 8.19. The lowest BCUT2D eigenvalue weighted by Gasteiger charge is -2.41. The molecule has 0 unspecified atom stereocenters. The van der Waals surface area contributed by atoms with E-state index in [4.69, 9.17) is 15.0 Å². The summed E-state index contributed by atoms with van der Waals surface area (Å²) < 4.78 is 6.23. The average Bonchev–Trinajstić information content (AvgIpc) is 2.95. The van der Waals surface area contributed by atoms with Crippen LogP contribution in [0.25, 0.3) is 11.1 Å². The summed E-state index contributed by atoms with van der Waals surface area (Å²) >= 11 is 0. The third-order valence-corrected chi connectivity index (χ3v) is 8.53. The number of ether oxygens (including phenoxy) is 1. The van der Waals surface area contributed by atoms with Crippen molar-refractivity contribution in [1.29, 1.82) is 5.26 Å². The number of anilines is 2. The standard InChI is InChI=1S/C34H42N6O3/c1-21-27(25-8-9-26-20-40(13-10-24(26)16-25)32-36-18-23(17-35)19-37-32)29(39-14-11-34(6,7)12-15-39)28(22(2)38-21)30(31(41)42)43-33(3,4)5/h8-9,16,18-19,30H,10-15,20H2,1-7H3,(H,41,42)/t30-/m0/s1. The maximum absolute atomic E-state index is 12.8. The number of aryl methyl sites for hydroxylation is 2. The van der Waals surface area contributed by atoms with Crippen LogP contribution < -0.4 is 9.80 Å². The van der Waals surface area contributed by atoms with Crippen molar-refractivity contribution in [2.45, 2.75) is 86.0 Å². The number of carboxylic acid groups (broad SMARTS) is 1. The first kappa shape index (κ1) is 30.4. The predicted octanol–water partition coefficient (Wildman–Crippen LogP) is 6.16. The molecule has 226 valence electrons. The highest BCUT2D eigenvalue weighted by molar-refractivity contribution is 5.88. The van der Waals surface area contributed by atoms with Crippen LogP contribution in [0.4, 0.5) is 11.6 Å². The number of hydrogen-bond acceptors (Lipinski definition) is 8. The Morgan fingerprint density at radius 1 is 1.05 bits per heavy atom. The number of hydrogen-bond donors (Lipinski definition) is 1. The molecule has 9 nitrogen and oxygen atoms in total. The van der Waals surface area contributed by atoms with Gasteiger partial charge in [0.05, 0.1) is 29.2 Å². The first-order valence-electron chi connectivity index (χ1n) is 15.0. The molecule has 1 atom stereocenters. The molecule has 43 heavy (non-hydrogen) atoms. The molecule has 3 aromatic rings. The number of piperidine rings is 1. The van der Waals surface area contributed by atoms with E-state index in [9.17, 15) is 9.90 Å². The number of carboxylic acids is 1. The highest BCUT2D eigenvalue weighted by Crippen LogP contribution is 2.45. The fraction of sp³-hybridized carbons (Fsp3) is 0.500. The maximum atomic E-state index is 12.8. The minimum Gasteiger partial charge on any atom is -0.479 e. The van der Waals surface area contributed by atoms with Gasteiger partial charge in [-0.25, -0.2) is 14.8 Å². The fourth-order valence-corrected chi connectivity index (χ4v) is 6.18. The van der Waals surface area contributed by atoms with Crippen molar-refractivity contribution < 1.29 is 14.6 Å². The van der Waals surface area contributed by atoms with Gasteiger partial charge in [0.2, 0.25) is 5.95 Å². The number of nitrogens with zero attached hydrogens (tertiary/aromatic N) is 6. The van der Waals surface area contributed by atoms with Gasteiger partial charge in [0.15, 0.2) is 6.10 Å². The van der Waals surface area contributed by atoms with E-state index in [1.807, 2.05) is 34.6 Å². The second-order valence-electron chi connectivity index (χ2n) is 13.6. The molecule has 0 saturated carbocycles. The minimum absolute atomic E-state index is 0.235. The first-order chi connectivity index (χ1) is 20.3. The summed E-state index contributed by atoms with van der Waals surface area (Å²) in [5, 5.41) is 19.5. The third-order valence-electron chi connectivity index (χ3n) is 8.53. The number of rotatable bonds is 6. The van der Waals surface area contributed by atoms with Gasteiger partial charge >= 0.3 is 5.97 Å². The molecule has 2 aliphatic rings. The minimum atomic E-state index is -1.14. The highest BCUT2D eigenvalue weighted by atomic mass is 16.5. The van der Waals surface area contributed by atoms with Gasteiger partial charge in [0.1, 0.15) is 6.07 Å². The molecular formula is C34H42N6O3. The smallest absolute Gasteiger partial charge is 0.337 e. The second-order valence-corrected chi connectivity index (χ2v) is 13.6. The lowest BCUT2D eigenvalue weighted by atomic mass is 9.81. The summed E-state index contributed by atoms with van der Waals surface area (Å²) in [6.07, 6.45) is 4.82. The van der Waals surface area contributed by atoms with Crippen LogP contribution in [0.15, 0.2) is 30.6 Å².